The second-order valence-electron chi connectivity index (χ2n) is 3.28. The molecule has 0 atom stereocenters. The van der Waals surface area contributed by atoms with Crippen molar-refractivity contribution in [2.75, 3.05) is 30.0 Å². The van der Waals surface area contributed by atoms with E-state index in [0.717, 1.165) is 29.3 Å². The van der Waals surface area contributed by atoms with Crippen molar-refractivity contribution in [3.05, 3.63) is 29.8 Å². The molecule has 0 N–H and O–H groups in total. The lowest BCUT2D eigenvalue weighted by Crippen LogP contribution is -2.20. The summed E-state index contributed by atoms with van der Waals surface area (Å²) < 4.78 is 0. The van der Waals surface area contributed by atoms with Crippen molar-refractivity contribution in [2.45, 2.75) is 6.92 Å². The summed E-state index contributed by atoms with van der Waals surface area (Å²) in [4.78, 5) is 2.18. The van der Waals surface area contributed by atoms with Crippen LogP contribution in [0.4, 0.5) is 5.69 Å². The lowest BCUT2D eigenvalue weighted by molar-refractivity contribution is 0.977. The summed E-state index contributed by atoms with van der Waals surface area (Å²) in [5.41, 5.74) is 1.84. The predicted molar refractivity (Wildman–Crippen MR) is 67.4 cm³/mol. The van der Waals surface area contributed by atoms with Gasteiger partial charge in [0.15, 0.2) is 0 Å². The number of nitriles is 1. The summed E-state index contributed by atoms with van der Waals surface area (Å²) in [6, 6.07) is 9.88. The molecule has 0 aliphatic carbocycles. The van der Waals surface area contributed by atoms with Gasteiger partial charge in [-0.3, -0.25) is 0 Å². The van der Waals surface area contributed by atoms with Crippen LogP contribution in [-0.2, 0) is 0 Å². The highest BCUT2D eigenvalue weighted by molar-refractivity contribution is 7.99. The van der Waals surface area contributed by atoms with E-state index in [9.17, 15) is 0 Å². The Kier molecular flexibility index (Phi) is 5.06. The van der Waals surface area contributed by atoms with Gasteiger partial charge < -0.3 is 4.90 Å². The molecule has 0 bridgehead atoms. The molecule has 1 rings (SSSR count). The quantitative estimate of drug-likeness (QED) is 0.714. The van der Waals surface area contributed by atoms with E-state index in [4.69, 9.17) is 5.26 Å². The molecular formula is C12H16N2S. The number of hydrogen-bond acceptors (Lipinski definition) is 3. The van der Waals surface area contributed by atoms with Gasteiger partial charge in [0.1, 0.15) is 0 Å². The maximum absolute atomic E-state index is 8.79. The standard InChI is InChI=1S/C12H16N2S/c1-3-15-8-7-14(2)12-6-4-5-11(9-12)10-13/h4-6,9H,3,7-8H2,1-2H3. The van der Waals surface area contributed by atoms with Crippen LogP contribution in [0, 0.1) is 11.3 Å². The van der Waals surface area contributed by atoms with Crippen molar-refractivity contribution in [1.29, 1.82) is 5.26 Å². The van der Waals surface area contributed by atoms with E-state index >= 15 is 0 Å². The zero-order valence-corrected chi connectivity index (χ0v) is 10.0. The van der Waals surface area contributed by atoms with Gasteiger partial charge in [-0.1, -0.05) is 13.0 Å². The molecule has 1 aromatic rings. The third-order valence-corrected chi connectivity index (χ3v) is 3.07. The van der Waals surface area contributed by atoms with Gasteiger partial charge in [0.05, 0.1) is 11.6 Å². The van der Waals surface area contributed by atoms with Crippen LogP contribution in [0.1, 0.15) is 12.5 Å². The smallest absolute Gasteiger partial charge is 0.0992 e. The van der Waals surface area contributed by atoms with Crippen LogP contribution in [0.25, 0.3) is 0 Å². The minimum Gasteiger partial charge on any atom is -0.374 e. The number of rotatable bonds is 5. The summed E-state index contributed by atoms with van der Waals surface area (Å²) >= 11 is 1.93. The molecule has 0 saturated carbocycles. The highest BCUT2D eigenvalue weighted by atomic mass is 32.2. The molecule has 0 aliphatic heterocycles. The molecule has 0 aromatic heterocycles. The molecule has 0 heterocycles. The summed E-state index contributed by atoms with van der Waals surface area (Å²) in [5, 5.41) is 8.79. The Hall–Kier alpha value is -1.14. The Balaban J connectivity index is 2.57. The van der Waals surface area contributed by atoms with Crippen molar-refractivity contribution < 1.29 is 0 Å². The molecule has 2 nitrogen and oxygen atoms in total. The summed E-state index contributed by atoms with van der Waals surface area (Å²) in [5.74, 6) is 2.29. The van der Waals surface area contributed by atoms with E-state index in [-0.39, 0.29) is 0 Å². The zero-order chi connectivity index (χ0) is 11.1. The molecule has 80 valence electrons. The Morgan fingerprint density at radius 3 is 2.93 bits per heavy atom. The first-order valence-electron chi connectivity index (χ1n) is 5.07. The lowest BCUT2D eigenvalue weighted by atomic mass is 10.2. The van der Waals surface area contributed by atoms with Crippen molar-refractivity contribution >= 4 is 17.4 Å². The topological polar surface area (TPSA) is 27.0 Å². The van der Waals surface area contributed by atoms with Crippen LogP contribution in [0.3, 0.4) is 0 Å². The van der Waals surface area contributed by atoms with Crippen LogP contribution < -0.4 is 4.90 Å². The summed E-state index contributed by atoms with van der Waals surface area (Å²) in [7, 11) is 2.06. The van der Waals surface area contributed by atoms with Crippen molar-refractivity contribution in [2.24, 2.45) is 0 Å². The highest BCUT2D eigenvalue weighted by Crippen LogP contribution is 2.14. The molecule has 3 heteroatoms. The van der Waals surface area contributed by atoms with Crippen LogP contribution in [0.5, 0.6) is 0 Å². The van der Waals surface area contributed by atoms with Crippen molar-refractivity contribution in [3.63, 3.8) is 0 Å². The molecule has 0 unspecified atom stereocenters. The second-order valence-corrected chi connectivity index (χ2v) is 4.67. The third kappa shape index (κ3) is 3.85. The van der Waals surface area contributed by atoms with Crippen LogP contribution in [-0.4, -0.2) is 25.1 Å². The SMILES string of the molecule is CCSCCN(C)c1cccc(C#N)c1. The first kappa shape index (κ1) is 11.9. The fourth-order valence-electron chi connectivity index (χ4n) is 1.29. The van der Waals surface area contributed by atoms with Crippen molar-refractivity contribution in [3.8, 4) is 6.07 Å². The summed E-state index contributed by atoms with van der Waals surface area (Å²) in [6.07, 6.45) is 0. The zero-order valence-electron chi connectivity index (χ0n) is 9.23. The molecule has 15 heavy (non-hydrogen) atoms. The van der Waals surface area contributed by atoms with E-state index in [2.05, 4.69) is 24.9 Å². The predicted octanol–water partition coefficient (Wildman–Crippen LogP) is 2.75. The highest BCUT2D eigenvalue weighted by Gasteiger charge is 2.00. The number of nitrogens with zero attached hydrogens (tertiary/aromatic N) is 2. The summed E-state index contributed by atoms with van der Waals surface area (Å²) in [6.45, 7) is 3.19. The average Bonchev–Trinajstić information content (AvgIpc) is 2.29. The number of hydrogen-bond donors (Lipinski definition) is 0. The lowest BCUT2D eigenvalue weighted by Gasteiger charge is -2.18. The maximum atomic E-state index is 8.79. The van der Waals surface area contributed by atoms with Crippen LogP contribution in [0.15, 0.2) is 24.3 Å². The normalized spacial score (nSPS) is 9.67. The van der Waals surface area contributed by atoms with Gasteiger partial charge in [-0.25, -0.2) is 0 Å². The Labute approximate surface area is 95.9 Å². The van der Waals surface area contributed by atoms with Gasteiger partial charge in [0.25, 0.3) is 0 Å². The van der Waals surface area contributed by atoms with E-state index in [1.165, 1.54) is 0 Å². The minimum absolute atomic E-state index is 0.725. The van der Waals surface area contributed by atoms with E-state index in [1.807, 2.05) is 36.0 Å². The van der Waals surface area contributed by atoms with Gasteiger partial charge in [-0.2, -0.15) is 17.0 Å². The first-order valence-corrected chi connectivity index (χ1v) is 6.22. The fourth-order valence-corrected chi connectivity index (χ4v) is 1.98. The van der Waals surface area contributed by atoms with E-state index in [0.29, 0.717) is 0 Å². The fraction of sp³-hybridized carbons (Fsp3) is 0.417. The van der Waals surface area contributed by atoms with Gasteiger partial charge in [-0.15, -0.1) is 0 Å². The Morgan fingerprint density at radius 2 is 2.27 bits per heavy atom. The third-order valence-electron chi connectivity index (χ3n) is 2.19. The van der Waals surface area contributed by atoms with E-state index in [1.54, 1.807) is 0 Å². The van der Waals surface area contributed by atoms with Gasteiger partial charge in [0.2, 0.25) is 0 Å². The molecule has 1 aromatic carbocycles. The first-order chi connectivity index (χ1) is 7.27. The largest absolute Gasteiger partial charge is 0.374 e. The number of benzene rings is 1. The average molecular weight is 220 g/mol. The minimum atomic E-state index is 0.725. The maximum Gasteiger partial charge on any atom is 0.0992 e. The molecule has 0 spiro atoms. The molecule has 0 aliphatic rings. The van der Waals surface area contributed by atoms with Gasteiger partial charge in [0, 0.05) is 25.0 Å². The van der Waals surface area contributed by atoms with E-state index < -0.39 is 0 Å². The second kappa shape index (κ2) is 6.36. The molecule has 0 saturated heterocycles. The van der Waals surface area contributed by atoms with Gasteiger partial charge in [-0.05, 0) is 24.0 Å². The molecule has 0 fully saturated rings. The Bertz CT molecular complexity index is 344. The van der Waals surface area contributed by atoms with Crippen LogP contribution in [0.2, 0.25) is 0 Å². The monoisotopic (exact) mass is 220 g/mol. The number of thioether (sulfide) groups is 1. The Morgan fingerprint density at radius 1 is 1.47 bits per heavy atom. The van der Waals surface area contributed by atoms with Crippen LogP contribution >= 0.6 is 11.8 Å². The van der Waals surface area contributed by atoms with Gasteiger partial charge >= 0.3 is 0 Å². The molecule has 0 radical (unpaired) electrons. The van der Waals surface area contributed by atoms with Crippen molar-refractivity contribution in [1.82, 2.24) is 0 Å². The number of anilines is 1. The molecule has 0 amide bonds. The molecular weight excluding hydrogens is 204 g/mol.